The fourth-order valence-electron chi connectivity index (χ4n) is 0.531. The molecule has 0 atom stereocenters. The van der Waals surface area contributed by atoms with Crippen LogP contribution in [-0.4, -0.2) is 31.3 Å². The average molecular weight is 224 g/mol. The van der Waals surface area contributed by atoms with Crippen LogP contribution in [0.3, 0.4) is 0 Å². The maximum absolute atomic E-state index is 12.4. The zero-order valence-corrected chi connectivity index (χ0v) is 6.87. The van der Waals surface area contributed by atoms with E-state index in [1.165, 1.54) is 0 Å². The van der Waals surface area contributed by atoms with Crippen molar-refractivity contribution in [3.63, 3.8) is 0 Å². The topological polar surface area (TPSA) is 26.3 Å². The molecule has 0 aliphatic rings. The first-order valence-corrected chi connectivity index (χ1v) is 3.25. The number of ether oxygens (including phenoxy) is 1. The highest BCUT2D eigenvalue weighted by molar-refractivity contribution is 5.70. The van der Waals surface area contributed by atoms with E-state index in [0.717, 1.165) is 0 Å². The van der Waals surface area contributed by atoms with E-state index >= 15 is 0 Å². The molecule has 14 heavy (non-hydrogen) atoms. The molecule has 0 aromatic carbocycles. The lowest BCUT2D eigenvalue weighted by Gasteiger charge is -2.24. The van der Waals surface area contributed by atoms with Gasteiger partial charge in [-0.05, 0) is 0 Å². The molecule has 0 spiro atoms. The van der Waals surface area contributed by atoms with Crippen molar-refractivity contribution in [1.82, 2.24) is 0 Å². The average Bonchev–Trinajstić information content (AvgIpc) is 2.02. The molecule has 8 heteroatoms. The lowest BCUT2D eigenvalue weighted by molar-refractivity contribution is -0.265. The van der Waals surface area contributed by atoms with Gasteiger partial charge in [0.05, 0.1) is 7.11 Å². The molecule has 0 aliphatic heterocycles. The molecule has 0 aromatic heterocycles. The van der Waals surface area contributed by atoms with Crippen molar-refractivity contribution in [1.29, 1.82) is 0 Å². The van der Waals surface area contributed by atoms with Crippen molar-refractivity contribution in [2.45, 2.75) is 24.7 Å². The molecule has 84 valence electrons. The van der Waals surface area contributed by atoms with Gasteiger partial charge in [0.25, 0.3) is 0 Å². The van der Waals surface area contributed by atoms with Crippen LogP contribution in [-0.2, 0) is 9.53 Å². The Labute approximate surface area is 74.8 Å². The number of rotatable bonds is 4. The second kappa shape index (κ2) is 4.05. The van der Waals surface area contributed by atoms with Crippen LogP contribution in [0.5, 0.6) is 0 Å². The van der Waals surface area contributed by atoms with E-state index < -0.39 is 30.7 Å². The quantitative estimate of drug-likeness (QED) is 0.539. The van der Waals surface area contributed by atoms with Crippen molar-refractivity contribution in [3.05, 3.63) is 0 Å². The Hall–Kier alpha value is -0.950. The van der Waals surface area contributed by atoms with Gasteiger partial charge < -0.3 is 4.74 Å². The molecule has 0 radical (unpaired) electrons. The number of esters is 1. The molecule has 0 saturated carbocycles. The highest BCUT2D eigenvalue weighted by Crippen LogP contribution is 2.41. The fraction of sp³-hybridized carbons (Fsp3) is 0.833. The molecular weight excluding hydrogens is 218 g/mol. The van der Waals surface area contributed by atoms with E-state index in [1.807, 2.05) is 0 Å². The first-order chi connectivity index (χ1) is 6.15. The Kier molecular flexibility index (Phi) is 3.78. The minimum atomic E-state index is -5.54. The van der Waals surface area contributed by atoms with Gasteiger partial charge in [0, 0.05) is 0 Å². The van der Waals surface area contributed by atoms with E-state index in [2.05, 4.69) is 4.74 Å². The van der Waals surface area contributed by atoms with Gasteiger partial charge in [-0.1, -0.05) is 0 Å². The minimum Gasteiger partial charge on any atom is -0.469 e. The monoisotopic (exact) mass is 224 g/mol. The molecule has 0 amide bonds. The Morgan fingerprint density at radius 1 is 1.29 bits per heavy atom. The van der Waals surface area contributed by atoms with E-state index in [-0.39, 0.29) is 0 Å². The molecule has 0 bridgehead atoms. The van der Waals surface area contributed by atoms with Crippen molar-refractivity contribution in [3.8, 4) is 0 Å². The second-order valence-corrected chi connectivity index (χ2v) is 2.38. The summed E-state index contributed by atoms with van der Waals surface area (Å²) in [6, 6.07) is 0. The number of halogens is 6. The number of methoxy groups -OCH3 is 1. The van der Waals surface area contributed by atoms with Crippen molar-refractivity contribution >= 4 is 5.97 Å². The van der Waals surface area contributed by atoms with Crippen LogP contribution in [0.15, 0.2) is 0 Å². The molecule has 0 aromatic rings. The molecule has 0 heterocycles. The molecule has 0 aliphatic carbocycles. The third kappa shape index (κ3) is 2.52. The molecular formula is C6H6F6O2. The Morgan fingerprint density at radius 3 is 2.00 bits per heavy atom. The number of hydrogen-bond acceptors (Lipinski definition) is 2. The SMILES string of the molecule is COC(=O)CC(F)(F)C(F)(F)C(F)F. The summed E-state index contributed by atoms with van der Waals surface area (Å²) in [5, 5.41) is 0. The van der Waals surface area contributed by atoms with E-state index in [0.29, 0.717) is 7.11 Å². The van der Waals surface area contributed by atoms with E-state index in [9.17, 15) is 31.1 Å². The summed E-state index contributed by atoms with van der Waals surface area (Å²) in [4.78, 5) is 10.2. The smallest absolute Gasteiger partial charge is 0.369 e. The molecule has 0 N–H and O–H groups in total. The summed E-state index contributed by atoms with van der Waals surface area (Å²) < 4.78 is 75.6. The summed E-state index contributed by atoms with van der Waals surface area (Å²) >= 11 is 0. The Morgan fingerprint density at radius 2 is 1.71 bits per heavy atom. The summed E-state index contributed by atoms with van der Waals surface area (Å²) in [7, 11) is 0.679. The largest absolute Gasteiger partial charge is 0.469 e. The van der Waals surface area contributed by atoms with Crippen LogP contribution in [0, 0.1) is 0 Å². The number of carbonyl (C=O) groups is 1. The van der Waals surface area contributed by atoms with Gasteiger partial charge in [0.15, 0.2) is 0 Å². The van der Waals surface area contributed by atoms with Crippen molar-refractivity contribution in [2.24, 2.45) is 0 Å². The molecule has 0 saturated heterocycles. The van der Waals surface area contributed by atoms with Gasteiger partial charge in [-0.25, -0.2) is 8.78 Å². The summed E-state index contributed by atoms with van der Waals surface area (Å²) in [6.07, 6.45) is -6.62. The van der Waals surface area contributed by atoms with Crippen LogP contribution in [0.4, 0.5) is 26.3 Å². The van der Waals surface area contributed by atoms with E-state index in [4.69, 9.17) is 0 Å². The number of hydrogen-bond donors (Lipinski definition) is 0. The molecule has 0 rings (SSSR count). The van der Waals surface area contributed by atoms with E-state index in [1.54, 1.807) is 0 Å². The second-order valence-electron chi connectivity index (χ2n) is 2.38. The first kappa shape index (κ1) is 13.0. The van der Waals surface area contributed by atoms with Gasteiger partial charge in [-0.3, -0.25) is 4.79 Å². The number of alkyl halides is 6. The van der Waals surface area contributed by atoms with Crippen LogP contribution in [0.2, 0.25) is 0 Å². The molecule has 0 unspecified atom stereocenters. The zero-order chi connectivity index (χ0) is 11.6. The van der Waals surface area contributed by atoms with Gasteiger partial charge in [-0.15, -0.1) is 0 Å². The predicted octanol–water partition coefficient (Wildman–Crippen LogP) is 2.09. The summed E-state index contributed by atoms with van der Waals surface area (Å²) in [5.74, 6) is -12.3. The Bertz CT molecular complexity index is 214. The lowest BCUT2D eigenvalue weighted by atomic mass is 10.1. The van der Waals surface area contributed by atoms with Gasteiger partial charge in [0.1, 0.15) is 6.42 Å². The molecule has 0 fully saturated rings. The molecule has 2 nitrogen and oxygen atoms in total. The maximum atomic E-state index is 12.4. The van der Waals surface area contributed by atoms with Gasteiger partial charge in [-0.2, -0.15) is 17.6 Å². The van der Waals surface area contributed by atoms with Crippen LogP contribution >= 0.6 is 0 Å². The maximum Gasteiger partial charge on any atom is 0.369 e. The van der Waals surface area contributed by atoms with Crippen molar-refractivity contribution in [2.75, 3.05) is 7.11 Å². The predicted molar refractivity (Wildman–Crippen MR) is 32.5 cm³/mol. The Balaban J connectivity index is 4.68. The van der Waals surface area contributed by atoms with Crippen LogP contribution in [0.1, 0.15) is 6.42 Å². The fourth-order valence-corrected chi connectivity index (χ4v) is 0.531. The normalized spacial score (nSPS) is 13.1. The standard InChI is InChI=1S/C6H6F6O2/c1-14-3(13)2-5(9,10)6(11,12)4(7)8/h4H,2H2,1H3. The first-order valence-electron chi connectivity index (χ1n) is 3.25. The summed E-state index contributed by atoms with van der Waals surface area (Å²) in [6.45, 7) is 0. The van der Waals surface area contributed by atoms with Gasteiger partial charge >= 0.3 is 24.2 Å². The third-order valence-corrected chi connectivity index (χ3v) is 1.36. The third-order valence-electron chi connectivity index (χ3n) is 1.36. The van der Waals surface area contributed by atoms with Crippen LogP contribution in [0.25, 0.3) is 0 Å². The number of carbonyl (C=O) groups excluding carboxylic acids is 1. The van der Waals surface area contributed by atoms with Crippen LogP contribution < -0.4 is 0 Å². The summed E-state index contributed by atoms with van der Waals surface area (Å²) in [5.41, 5.74) is 0. The highest BCUT2D eigenvalue weighted by Gasteiger charge is 2.63. The minimum absolute atomic E-state index is 0.679. The lowest BCUT2D eigenvalue weighted by Crippen LogP contribution is -2.47. The van der Waals surface area contributed by atoms with Crippen molar-refractivity contribution < 1.29 is 35.9 Å². The highest BCUT2D eigenvalue weighted by atomic mass is 19.3. The van der Waals surface area contributed by atoms with Gasteiger partial charge in [0.2, 0.25) is 0 Å². The zero-order valence-electron chi connectivity index (χ0n) is 6.87.